The van der Waals surface area contributed by atoms with Gasteiger partial charge in [-0.1, -0.05) is 13.2 Å². The molecule has 0 N–H and O–H groups in total. The van der Waals surface area contributed by atoms with E-state index in [1.54, 1.807) is 0 Å². The van der Waals surface area contributed by atoms with Gasteiger partial charge >= 0.3 is 67.5 Å². The van der Waals surface area contributed by atoms with Gasteiger partial charge in [0.1, 0.15) is 26.4 Å². The van der Waals surface area contributed by atoms with Crippen LogP contribution in [0.2, 0.25) is 0 Å². The van der Waals surface area contributed by atoms with Crippen LogP contribution in [-0.4, -0.2) is 44.5 Å². The Kier molecular flexibility index (Phi) is 18.0. The van der Waals surface area contributed by atoms with E-state index in [4.69, 9.17) is 0 Å². The van der Waals surface area contributed by atoms with Gasteiger partial charge in [-0.25, -0.2) is 14.4 Å². The van der Waals surface area contributed by atoms with Crippen molar-refractivity contribution in [3.63, 3.8) is 0 Å². The Bertz CT molecular complexity index is 391. The van der Waals surface area contributed by atoms with E-state index in [0.717, 1.165) is 0 Å². The summed E-state index contributed by atoms with van der Waals surface area (Å²) in [7, 11) is 0.628. The molecule has 0 aliphatic heterocycles. The van der Waals surface area contributed by atoms with Crippen LogP contribution in [0.4, 0.5) is 4.79 Å². The molecule has 0 saturated heterocycles. The van der Waals surface area contributed by atoms with E-state index in [0.29, 0.717) is 9.47 Å². The minimum atomic E-state index is -0.942. The first kappa shape index (κ1) is 25.0. The Hall–Kier alpha value is -0.266. The van der Waals surface area contributed by atoms with Gasteiger partial charge in [-0.2, -0.15) is 0 Å². The number of halogens is 2. The Labute approximate surface area is 164 Å². The molecule has 0 radical (unpaired) electrons. The van der Waals surface area contributed by atoms with E-state index in [-0.39, 0.29) is 37.6 Å². The normalized spacial score (nSPS) is 8.70. The van der Waals surface area contributed by atoms with Gasteiger partial charge in [-0.15, -0.1) is 0 Å². The SMILES string of the molecule is C=C(C)C(=O)OCCOC(=O)OCCOC(=O)C(=C)C.[I][V][I]. The molecule has 7 nitrogen and oxygen atoms in total. The van der Waals surface area contributed by atoms with Crippen molar-refractivity contribution >= 4 is 58.1 Å². The fourth-order valence-corrected chi connectivity index (χ4v) is 0.807. The van der Waals surface area contributed by atoms with Gasteiger partial charge < -0.3 is 18.9 Å². The van der Waals surface area contributed by atoms with Gasteiger partial charge in [0.05, 0.1) is 0 Å². The standard InChI is InChI=1S/C13H18O7.2HI.V/c1-9(2)11(14)17-5-7-19-13(16)20-8-6-18-12(15)10(3)4;;;/h1,3,5-8H2,2,4H3;2*1H;/q;;;+2/p-2. The second kappa shape index (κ2) is 16.6. The third-order valence-corrected chi connectivity index (χ3v) is 1.77. The molecule has 0 saturated carbocycles. The molecule has 0 rings (SSSR count). The van der Waals surface area contributed by atoms with E-state index in [1.165, 1.54) is 13.8 Å². The number of hydrogen-bond donors (Lipinski definition) is 0. The van der Waals surface area contributed by atoms with E-state index in [2.05, 4.69) is 72.1 Å². The number of hydrogen-bond acceptors (Lipinski definition) is 7. The van der Waals surface area contributed by atoms with Crippen molar-refractivity contribution in [2.75, 3.05) is 26.4 Å². The zero-order valence-corrected chi connectivity index (χ0v) is 18.5. The predicted octanol–water partition coefficient (Wildman–Crippen LogP) is 3.15. The summed E-state index contributed by atoms with van der Waals surface area (Å²) >= 11 is 4.74. The van der Waals surface area contributed by atoms with Gasteiger partial charge in [0.2, 0.25) is 0 Å². The van der Waals surface area contributed by atoms with E-state index in [1.807, 2.05) is 0 Å². The molecule has 0 aliphatic carbocycles. The van der Waals surface area contributed by atoms with Crippen LogP contribution in [-0.2, 0) is 38.0 Å². The van der Waals surface area contributed by atoms with Crippen LogP contribution in [0.3, 0.4) is 0 Å². The summed E-state index contributed by atoms with van der Waals surface area (Å²) in [5.74, 6) is -1.12. The fourth-order valence-electron chi connectivity index (χ4n) is 0.807. The Morgan fingerprint density at radius 1 is 0.783 bits per heavy atom. The molecule has 0 heterocycles. The summed E-state index contributed by atoms with van der Waals surface area (Å²) in [5.41, 5.74) is 0.513. The van der Waals surface area contributed by atoms with Crippen molar-refractivity contribution in [2.24, 2.45) is 0 Å². The quantitative estimate of drug-likeness (QED) is 0.141. The fraction of sp³-hybridized carbons (Fsp3) is 0.462. The van der Waals surface area contributed by atoms with Crippen LogP contribution in [0.25, 0.3) is 0 Å². The van der Waals surface area contributed by atoms with E-state index >= 15 is 0 Å². The van der Waals surface area contributed by atoms with E-state index < -0.39 is 18.1 Å². The first-order valence-electron chi connectivity index (χ1n) is 6.13. The van der Waals surface area contributed by atoms with E-state index in [9.17, 15) is 14.4 Å². The topological polar surface area (TPSA) is 88.1 Å². The van der Waals surface area contributed by atoms with Gasteiger partial charge in [-0.3, -0.25) is 0 Å². The average molecular weight is 591 g/mol. The number of rotatable bonds is 8. The average Bonchev–Trinajstić information content (AvgIpc) is 2.48. The summed E-state index contributed by atoms with van der Waals surface area (Å²) in [5, 5.41) is 0. The van der Waals surface area contributed by atoms with Crippen molar-refractivity contribution in [3.8, 4) is 0 Å². The minimum absolute atomic E-state index is 0.0918. The molecule has 0 aromatic rings. The predicted molar refractivity (Wildman–Crippen MR) is 96.9 cm³/mol. The Balaban J connectivity index is 0. The van der Waals surface area contributed by atoms with Gasteiger partial charge in [0, 0.05) is 11.1 Å². The first-order valence-corrected chi connectivity index (χ1v) is 15.1. The molecule has 0 bridgehead atoms. The third-order valence-electron chi connectivity index (χ3n) is 1.77. The van der Waals surface area contributed by atoms with Crippen LogP contribution in [0.1, 0.15) is 13.8 Å². The maximum absolute atomic E-state index is 11.0. The third kappa shape index (κ3) is 17.9. The van der Waals surface area contributed by atoms with Crippen LogP contribution in [0, 0.1) is 0 Å². The zero-order valence-electron chi connectivity index (χ0n) is 12.8. The summed E-state index contributed by atoms with van der Waals surface area (Å²) in [6.07, 6.45) is -0.942. The molecule has 131 valence electrons. The number of ether oxygens (including phenoxy) is 4. The molecule has 23 heavy (non-hydrogen) atoms. The molecule has 0 amide bonds. The molecule has 10 heteroatoms. The van der Waals surface area contributed by atoms with Crippen molar-refractivity contribution in [1.29, 1.82) is 0 Å². The van der Waals surface area contributed by atoms with Crippen molar-refractivity contribution in [2.45, 2.75) is 13.8 Å². The molecule has 0 aromatic carbocycles. The number of esters is 2. The van der Waals surface area contributed by atoms with Crippen molar-refractivity contribution < 1.29 is 42.8 Å². The second-order valence-electron chi connectivity index (χ2n) is 3.84. The zero-order chi connectivity index (χ0) is 18.3. The summed E-state index contributed by atoms with van der Waals surface area (Å²) < 4.78 is 18.6. The molecule has 0 aromatic heterocycles. The van der Waals surface area contributed by atoms with Crippen molar-refractivity contribution in [3.05, 3.63) is 24.3 Å². The molecular weight excluding hydrogens is 573 g/mol. The van der Waals surface area contributed by atoms with Crippen LogP contribution in [0.5, 0.6) is 0 Å². The first-order chi connectivity index (χ1) is 10.8. The molecule has 0 aliphatic rings. The van der Waals surface area contributed by atoms with Gasteiger partial charge in [0.25, 0.3) is 0 Å². The molecule has 0 spiro atoms. The monoisotopic (exact) mass is 591 g/mol. The summed E-state index contributed by atoms with van der Waals surface area (Å²) in [6, 6.07) is 0. The second-order valence-corrected chi connectivity index (χ2v) is 15.6. The number of carbonyl (C=O) groups excluding carboxylic acids is 3. The molecule has 0 fully saturated rings. The van der Waals surface area contributed by atoms with Crippen LogP contribution in [0.15, 0.2) is 24.3 Å². The summed E-state index contributed by atoms with van der Waals surface area (Å²) in [4.78, 5) is 33.0. The van der Waals surface area contributed by atoms with Gasteiger partial charge in [-0.05, 0) is 13.8 Å². The van der Waals surface area contributed by atoms with Crippen LogP contribution >= 0.6 is 40.0 Å². The number of carbonyl (C=O) groups is 3. The molecule has 0 unspecified atom stereocenters. The summed E-state index contributed by atoms with van der Waals surface area (Å²) in [6.45, 7) is 9.33. The Morgan fingerprint density at radius 3 is 1.30 bits per heavy atom. The Morgan fingerprint density at radius 2 is 1.04 bits per heavy atom. The molecule has 0 atom stereocenters. The van der Waals surface area contributed by atoms with Crippen molar-refractivity contribution in [1.82, 2.24) is 0 Å². The van der Waals surface area contributed by atoms with Crippen LogP contribution < -0.4 is 0 Å². The molecular formula is C13H18I2O7V. The maximum atomic E-state index is 11.0. The van der Waals surface area contributed by atoms with Gasteiger partial charge in [0.15, 0.2) is 0 Å².